The van der Waals surface area contributed by atoms with Gasteiger partial charge in [-0.3, -0.25) is 0 Å². The van der Waals surface area contributed by atoms with E-state index in [0.29, 0.717) is 5.70 Å². The van der Waals surface area contributed by atoms with Crippen molar-refractivity contribution >= 4 is 11.9 Å². The molecule has 5 heteroatoms. The van der Waals surface area contributed by atoms with Crippen LogP contribution >= 0.6 is 0 Å². The maximum Gasteiger partial charge on any atom is 0.333 e. The SMILES string of the molecule is COC(=O)/C=C1/COC(=O)[C@@H](c2ccccc2)N1. The van der Waals surface area contributed by atoms with Crippen LogP contribution in [0.4, 0.5) is 0 Å². The molecule has 0 radical (unpaired) electrons. The minimum atomic E-state index is -0.587. The van der Waals surface area contributed by atoms with Gasteiger partial charge in [0.15, 0.2) is 6.04 Å². The maximum absolute atomic E-state index is 11.7. The molecule has 0 saturated carbocycles. The molecule has 0 spiro atoms. The van der Waals surface area contributed by atoms with Crippen LogP contribution in [-0.4, -0.2) is 25.7 Å². The zero-order valence-corrected chi connectivity index (χ0v) is 9.88. The molecule has 0 amide bonds. The third-order valence-electron chi connectivity index (χ3n) is 2.56. The number of ether oxygens (including phenoxy) is 2. The molecule has 0 aliphatic carbocycles. The Morgan fingerprint density at radius 3 is 2.83 bits per heavy atom. The van der Waals surface area contributed by atoms with Gasteiger partial charge in [-0.15, -0.1) is 0 Å². The van der Waals surface area contributed by atoms with Gasteiger partial charge in [-0.05, 0) is 5.56 Å². The van der Waals surface area contributed by atoms with Crippen molar-refractivity contribution in [3.63, 3.8) is 0 Å². The molecule has 1 aromatic rings. The molecule has 5 nitrogen and oxygen atoms in total. The number of hydrogen-bond acceptors (Lipinski definition) is 5. The highest BCUT2D eigenvalue weighted by molar-refractivity contribution is 5.84. The van der Waals surface area contributed by atoms with Crippen LogP contribution in [0, 0.1) is 0 Å². The van der Waals surface area contributed by atoms with Crippen LogP contribution in [0.2, 0.25) is 0 Å². The minimum absolute atomic E-state index is 0.0528. The Labute approximate surface area is 104 Å². The van der Waals surface area contributed by atoms with Gasteiger partial charge < -0.3 is 14.8 Å². The Hall–Kier alpha value is -2.30. The van der Waals surface area contributed by atoms with E-state index in [1.165, 1.54) is 13.2 Å². The summed E-state index contributed by atoms with van der Waals surface area (Å²) in [6.45, 7) is 0.0528. The van der Waals surface area contributed by atoms with Crippen LogP contribution in [0.3, 0.4) is 0 Å². The van der Waals surface area contributed by atoms with Gasteiger partial charge in [0.25, 0.3) is 0 Å². The highest BCUT2D eigenvalue weighted by Gasteiger charge is 2.27. The zero-order chi connectivity index (χ0) is 13.0. The molecule has 1 atom stereocenters. The second kappa shape index (κ2) is 5.35. The summed E-state index contributed by atoms with van der Waals surface area (Å²) < 4.78 is 9.55. The predicted octanol–water partition coefficient (Wildman–Crippen LogP) is 0.931. The van der Waals surface area contributed by atoms with E-state index >= 15 is 0 Å². The van der Waals surface area contributed by atoms with Crippen LogP contribution in [-0.2, 0) is 19.1 Å². The molecule has 1 aliphatic heterocycles. The van der Waals surface area contributed by atoms with Gasteiger partial charge in [0.2, 0.25) is 0 Å². The number of morpholine rings is 1. The van der Waals surface area contributed by atoms with Gasteiger partial charge in [-0.1, -0.05) is 30.3 Å². The first-order valence-electron chi connectivity index (χ1n) is 5.47. The summed E-state index contributed by atoms with van der Waals surface area (Å²) in [6.07, 6.45) is 1.28. The lowest BCUT2D eigenvalue weighted by atomic mass is 10.1. The number of methoxy groups -OCH3 is 1. The number of hydrogen-bond donors (Lipinski definition) is 1. The largest absolute Gasteiger partial charge is 0.466 e. The fourth-order valence-electron chi connectivity index (χ4n) is 1.67. The van der Waals surface area contributed by atoms with Gasteiger partial charge in [-0.2, -0.15) is 0 Å². The quantitative estimate of drug-likeness (QED) is 0.622. The molecule has 0 unspecified atom stereocenters. The van der Waals surface area contributed by atoms with Crippen molar-refractivity contribution in [3.8, 4) is 0 Å². The number of nitrogens with one attached hydrogen (secondary N) is 1. The second-order valence-electron chi connectivity index (χ2n) is 3.79. The maximum atomic E-state index is 11.7. The predicted molar refractivity (Wildman–Crippen MR) is 63.4 cm³/mol. The molecule has 0 bridgehead atoms. The van der Waals surface area contributed by atoms with E-state index < -0.39 is 12.0 Å². The summed E-state index contributed by atoms with van der Waals surface area (Å²) in [6, 6.07) is 8.59. The molecule has 1 saturated heterocycles. The van der Waals surface area contributed by atoms with Crippen LogP contribution in [0.15, 0.2) is 42.1 Å². The lowest BCUT2D eigenvalue weighted by Crippen LogP contribution is -2.37. The van der Waals surface area contributed by atoms with Crippen molar-refractivity contribution in [3.05, 3.63) is 47.7 Å². The Balaban J connectivity index is 2.18. The summed E-state index contributed by atoms with van der Waals surface area (Å²) in [4.78, 5) is 22.8. The van der Waals surface area contributed by atoms with Crippen LogP contribution in [0.1, 0.15) is 11.6 Å². The standard InChI is InChI=1S/C13H13NO4/c1-17-11(15)7-10-8-18-13(16)12(14-10)9-5-3-2-4-6-9/h2-7,12,14H,8H2,1H3/b10-7-/t12-/m1/s1. The van der Waals surface area contributed by atoms with Crippen LogP contribution < -0.4 is 5.32 Å². The Bertz CT molecular complexity index is 481. The normalized spacial score (nSPS) is 21.1. The highest BCUT2D eigenvalue weighted by atomic mass is 16.5. The van der Waals surface area contributed by atoms with E-state index in [1.54, 1.807) is 0 Å². The summed E-state index contributed by atoms with van der Waals surface area (Å²) >= 11 is 0. The van der Waals surface area contributed by atoms with E-state index in [0.717, 1.165) is 5.56 Å². The van der Waals surface area contributed by atoms with E-state index in [9.17, 15) is 9.59 Å². The van der Waals surface area contributed by atoms with Gasteiger partial charge in [-0.25, -0.2) is 9.59 Å². The first kappa shape index (κ1) is 12.2. The number of carbonyl (C=O) groups is 2. The summed E-state index contributed by atoms with van der Waals surface area (Å²) in [5, 5.41) is 2.97. The summed E-state index contributed by atoms with van der Waals surface area (Å²) in [5.74, 6) is -0.842. The van der Waals surface area contributed by atoms with Crippen molar-refractivity contribution in [1.29, 1.82) is 0 Å². The summed E-state index contributed by atoms with van der Waals surface area (Å²) in [7, 11) is 1.29. The second-order valence-corrected chi connectivity index (χ2v) is 3.79. The number of cyclic esters (lactones) is 1. The Morgan fingerprint density at radius 1 is 1.44 bits per heavy atom. The van der Waals surface area contributed by atoms with E-state index in [1.807, 2.05) is 30.3 Å². The van der Waals surface area contributed by atoms with Gasteiger partial charge in [0.05, 0.1) is 12.8 Å². The van der Waals surface area contributed by atoms with Gasteiger partial charge in [0, 0.05) is 6.08 Å². The van der Waals surface area contributed by atoms with Crippen molar-refractivity contribution in [2.45, 2.75) is 6.04 Å². The molecule has 1 N–H and O–H groups in total. The summed E-state index contributed by atoms with van der Waals surface area (Å²) in [5.41, 5.74) is 1.31. The average molecular weight is 247 g/mol. The molecule has 0 aromatic heterocycles. The zero-order valence-electron chi connectivity index (χ0n) is 9.88. The lowest BCUT2D eigenvalue weighted by molar-refractivity contribution is -0.148. The van der Waals surface area contributed by atoms with Gasteiger partial charge in [0.1, 0.15) is 6.61 Å². The van der Waals surface area contributed by atoms with Crippen molar-refractivity contribution in [1.82, 2.24) is 5.32 Å². The first-order chi connectivity index (χ1) is 8.70. The Kier molecular flexibility index (Phi) is 3.62. The molecule has 1 aliphatic rings. The van der Waals surface area contributed by atoms with Crippen LogP contribution in [0.25, 0.3) is 0 Å². The number of benzene rings is 1. The van der Waals surface area contributed by atoms with Crippen molar-refractivity contribution in [2.24, 2.45) is 0 Å². The molecule has 2 rings (SSSR count). The monoisotopic (exact) mass is 247 g/mol. The lowest BCUT2D eigenvalue weighted by Gasteiger charge is -2.25. The Morgan fingerprint density at radius 2 is 2.17 bits per heavy atom. The minimum Gasteiger partial charge on any atom is -0.466 e. The topological polar surface area (TPSA) is 64.6 Å². The fourth-order valence-corrected chi connectivity index (χ4v) is 1.67. The molecule has 1 aromatic carbocycles. The van der Waals surface area contributed by atoms with Crippen molar-refractivity contribution < 1.29 is 19.1 Å². The van der Waals surface area contributed by atoms with E-state index in [-0.39, 0.29) is 12.6 Å². The molecular weight excluding hydrogens is 234 g/mol. The van der Waals surface area contributed by atoms with Crippen molar-refractivity contribution in [2.75, 3.05) is 13.7 Å². The van der Waals surface area contributed by atoms with E-state index in [4.69, 9.17) is 4.74 Å². The molecule has 18 heavy (non-hydrogen) atoms. The highest BCUT2D eigenvalue weighted by Crippen LogP contribution is 2.19. The molecule has 1 heterocycles. The van der Waals surface area contributed by atoms with E-state index in [2.05, 4.69) is 10.1 Å². The van der Waals surface area contributed by atoms with Gasteiger partial charge >= 0.3 is 11.9 Å². The number of esters is 2. The van der Waals surface area contributed by atoms with Crippen LogP contribution in [0.5, 0.6) is 0 Å². The molecular formula is C13H13NO4. The third-order valence-corrected chi connectivity index (χ3v) is 2.56. The smallest absolute Gasteiger partial charge is 0.333 e. The first-order valence-corrected chi connectivity index (χ1v) is 5.47. The average Bonchev–Trinajstić information content (AvgIpc) is 2.42. The third kappa shape index (κ3) is 2.68. The number of rotatable bonds is 2. The fraction of sp³-hybridized carbons (Fsp3) is 0.231. The number of carbonyl (C=O) groups excluding carboxylic acids is 2. The molecule has 1 fully saturated rings. The molecule has 94 valence electrons.